The van der Waals surface area contributed by atoms with Crippen molar-refractivity contribution in [3.05, 3.63) is 64.2 Å². The van der Waals surface area contributed by atoms with E-state index in [4.69, 9.17) is 21.1 Å². The number of benzene rings is 2. The Balaban J connectivity index is 1.96. The quantitative estimate of drug-likeness (QED) is 0.555. The van der Waals surface area contributed by atoms with Crippen molar-refractivity contribution < 1.29 is 29.9 Å². The van der Waals surface area contributed by atoms with Gasteiger partial charge in [0, 0.05) is 10.4 Å². The molecule has 1 aliphatic heterocycles. The van der Waals surface area contributed by atoms with Crippen LogP contribution in [0, 0.1) is 0 Å². The predicted molar refractivity (Wildman–Crippen MR) is 114 cm³/mol. The number of ether oxygens (including phenoxy) is 2. The molecule has 7 heteroatoms. The van der Waals surface area contributed by atoms with Gasteiger partial charge in [0.25, 0.3) is 0 Å². The third kappa shape index (κ3) is 4.35. The topological polar surface area (TPSA) is 99.4 Å². The molecule has 1 fully saturated rings. The van der Waals surface area contributed by atoms with E-state index < -0.39 is 42.5 Å². The van der Waals surface area contributed by atoms with Crippen molar-refractivity contribution in [2.75, 3.05) is 13.2 Å². The molecular weight excluding hydrogens is 408 g/mol. The normalized spacial score (nSPS) is 27.1. The van der Waals surface area contributed by atoms with E-state index in [1.54, 1.807) is 12.1 Å². The molecule has 30 heavy (non-hydrogen) atoms. The SMILES string of the molecule is CCOc1ccc(C(C)(C)c2cc([C@@H]3O[C@H](CO)[C@@H](O)[C@H](O)[C@H]3O)ccc2Cl)cc1. The fourth-order valence-corrected chi connectivity index (χ4v) is 4.22. The lowest BCUT2D eigenvalue weighted by atomic mass is 9.77. The van der Waals surface area contributed by atoms with E-state index >= 15 is 0 Å². The van der Waals surface area contributed by atoms with Gasteiger partial charge in [0.15, 0.2) is 0 Å². The summed E-state index contributed by atoms with van der Waals surface area (Å²) in [5.74, 6) is 0.790. The molecule has 5 atom stereocenters. The molecular formula is C23H29ClO6. The van der Waals surface area contributed by atoms with Crippen LogP contribution in [0.2, 0.25) is 5.02 Å². The van der Waals surface area contributed by atoms with Crippen LogP contribution in [0.15, 0.2) is 42.5 Å². The Labute approximate surface area is 181 Å². The number of aliphatic hydroxyl groups is 4. The van der Waals surface area contributed by atoms with Crippen LogP contribution in [0.3, 0.4) is 0 Å². The second kappa shape index (κ2) is 9.22. The van der Waals surface area contributed by atoms with Crippen LogP contribution in [0.1, 0.15) is 43.6 Å². The summed E-state index contributed by atoms with van der Waals surface area (Å²) < 4.78 is 11.2. The Morgan fingerprint density at radius 1 is 1.00 bits per heavy atom. The minimum atomic E-state index is -1.43. The monoisotopic (exact) mass is 436 g/mol. The number of hydrogen-bond donors (Lipinski definition) is 4. The lowest BCUT2D eigenvalue weighted by molar-refractivity contribution is -0.231. The van der Waals surface area contributed by atoms with Gasteiger partial charge in [-0.3, -0.25) is 0 Å². The summed E-state index contributed by atoms with van der Waals surface area (Å²) in [7, 11) is 0. The molecule has 2 aromatic rings. The van der Waals surface area contributed by atoms with Crippen molar-refractivity contribution in [2.45, 2.75) is 56.7 Å². The van der Waals surface area contributed by atoms with Crippen molar-refractivity contribution in [1.29, 1.82) is 0 Å². The van der Waals surface area contributed by atoms with Crippen molar-refractivity contribution in [2.24, 2.45) is 0 Å². The van der Waals surface area contributed by atoms with E-state index in [2.05, 4.69) is 0 Å². The maximum atomic E-state index is 10.5. The Morgan fingerprint density at radius 2 is 1.67 bits per heavy atom. The lowest BCUT2D eigenvalue weighted by Crippen LogP contribution is -2.55. The molecule has 0 radical (unpaired) electrons. The highest BCUT2D eigenvalue weighted by molar-refractivity contribution is 6.31. The van der Waals surface area contributed by atoms with Gasteiger partial charge in [-0.15, -0.1) is 0 Å². The molecule has 164 valence electrons. The Morgan fingerprint density at radius 3 is 2.27 bits per heavy atom. The first-order chi connectivity index (χ1) is 14.2. The highest BCUT2D eigenvalue weighted by Crippen LogP contribution is 2.40. The van der Waals surface area contributed by atoms with Gasteiger partial charge < -0.3 is 29.9 Å². The minimum absolute atomic E-state index is 0.466. The summed E-state index contributed by atoms with van der Waals surface area (Å²) in [6.07, 6.45) is -6.04. The first-order valence-corrected chi connectivity index (χ1v) is 10.4. The molecule has 6 nitrogen and oxygen atoms in total. The van der Waals surface area contributed by atoms with Crippen LogP contribution in [0.5, 0.6) is 5.75 Å². The van der Waals surface area contributed by atoms with Gasteiger partial charge in [-0.05, 0) is 41.8 Å². The molecule has 1 aliphatic rings. The third-order valence-electron chi connectivity index (χ3n) is 5.77. The summed E-state index contributed by atoms with van der Waals surface area (Å²) in [5.41, 5.74) is 1.98. The highest BCUT2D eigenvalue weighted by atomic mass is 35.5. The largest absolute Gasteiger partial charge is 0.494 e. The molecule has 0 bridgehead atoms. The first-order valence-electron chi connectivity index (χ1n) is 10.0. The zero-order valence-corrected chi connectivity index (χ0v) is 18.1. The lowest BCUT2D eigenvalue weighted by Gasteiger charge is -2.40. The van der Waals surface area contributed by atoms with Crippen LogP contribution in [0.4, 0.5) is 0 Å². The van der Waals surface area contributed by atoms with Gasteiger partial charge in [-0.2, -0.15) is 0 Å². The maximum Gasteiger partial charge on any atom is 0.119 e. The number of halogens is 1. The maximum absolute atomic E-state index is 10.5. The zero-order chi connectivity index (χ0) is 22.1. The van der Waals surface area contributed by atoms with E-state index in [-0.39, 0.29) is 0 Å². The Bertz CT molecular complexity index is 851. The molecule has 0 spiro atoms. The van der Waals surface area contributed by atoms with Gasteiger partial charge in [-0.25, -0.2) is 0 Å². The summed E-state index contributed by atoms with van der Waals surface area (Å²) in [5, 5.41) is 40.7. The molecule has 1 heterocycles. The van der Waals surface area contributed by atoms with Crippen molar-refractivity contribution >= 4 is 11.6 Å². The number of aliphatic hydroxyl groups excluding tert-OH is 4. The van der Waals surface area contributed by atoms with Crippen LogP contribution < -0.4 is 4.74 Å². The molecule has 1 saturated heterocycles. The van der Waals surface area contributed by atoms with E-state index in [9.17, 15) is 20.4 Å². The predicted octanol–water partition coefficient (Wildman–Crippen LogP) is 2.58. The van der Waals surface area contributed by atoms with Gasteiger partial charge >= 0.3 is 0 Å². The average Bonchev–Trinajstić information content (AvgIpc) is 2.73. The summed E-state index contributed by atoms with van der Waals surface area (Å²) in [4.78, 5) is 0. The van der Waals surface area contributed by atoms with Crippen molar-refractivity contribution in [3.63, 3.8) is 0 Å². The van der Waals surface area contributed by atoms with E-state index in [0.717, 1.165) is 16.9 Å². The molecule has 0 aromatic heterocycles. The van der Waals surface area contributed by atoms with Crippen molar-refractivity contribution in [1.82, 2.24) is 0 Å². The van der Waals surface area contributed by atoms with Gasteiger partial charge in [0.1, 0.15) is 36.3 Å². The smallest absolute Gasteiger partial charge is 0.119 e. The van der Waals surface area contributed by atoms with Gasteiger partial charge in [0.2, 0.25) is 0 Å². The highest BCUT2D eigenvalue weighted by Gasteiger charge is 2.44. The van der Waals surface area contributed by atoms with E-state index in [1.165, 1.54) is 0 Å². The fourth-order valence-electron chi connectivity index (χ4n) is 3.87. The Kier molecular flexibility index (Phi) is 7.07. The van der Waals surface area contributed by atoms with Gasteiger partial charge in [0.05, 0.1) is 13.2 Å². The standard InChI is InChI=1S/C23H29ClO6/c1-4-29-15-8-6-14(7-9-15)23(2,3)16-11-13(5-10-17(16)24)22-21(28)20(27)19(26)18(12-25)30-22/h5-11,18-22,25-28H,4,12H2,1-3H3/t18-,19-,20+,21-,22+/m1/s1. The first kappa shape index (κ1) is 23.0. The number of rotatable bonds is 6. The molecule has 4 N–H and O–H groups in total. The zero-order valence-electron chi connectivity index (χ0n) is 17.3. The Hall–Kier alpha value is -1.67. The third-order valence-corrected chi connectivity index (χ3v) is 6.10. The molecule has 0 unspecified atom stereocenters. The van der Waals surface area contributed by atoms with Crippen LogP contribution in [-0.4, -0.2) is 58.1 Å². The summed E-state index contributed by atoms with van der Waals surface area (Å²) in [6.45, 7) is 6.14. The van der Waals surface area contributed by atoms with Crippen molar-refractivity contribution in [3.8, 4) is 5.75 Å². The van der Waals surface area contributed by atoms with E-state index in [1.807, 2.05) is 51.1 Å². The molecule has 3 rings (SSSR count). The van der Waals surface area contributed by atoms with Crippen LogP contribution in [0.25, 0.3) is 0 Å². The summed E-state index contributed by atoms with van der Waals surface area (Å²) >= 11 is 6.54. The summed E-state index contributed by atoms with van der Waals surface area (Å²) in [6, 6.07) is 13.1. The second-order valence-electron chi connectivity index (χ2n) is 8.07. The number of hydrogen-bond acceptors (Lipinski definition) is 6. The molecule has 0 amide bonds. The van der Waals surface area contributed by atoms with Crippen LogP contribution in [-0.2, 0) is 10.2 Å². The van der Waals surface area contributed by atoms with Crippen LogP contribution >= 0.6 is 11.6 Å². The minimum Gasteiger partial charge on any atom is -0.494 e. The second-order valence-corrected chi connectivity index (χ2v) is 8.48. The van der Waals surface area contributed by atoms with Gasteiger partial charge in [-0.1, -0.05) is 49.7 Å². The molecule has 2 aromatic carbocycles. The molecule has 0 saturated carbocycles. The fraction of sp³-hybridized carbons (Fsp3) is 0.478. The average molecular weight is 437 g/mol. The molecule has 0 aliphatic carbocycles. The van der Waals surface area contributed by atoms with E-state index in [0.29, 0.717) is 17.2 Å².